The van der Waals surface area contributed by atoms with Crippen LogP contribution in [0.2, 0.25) is 6.82 Å². The van der Waals surface area contributed by atoms with Crippen molar-refractivity contribution >= 4 is 47.2 Å². The monoisotopic (exact) mass is 499 g/mol. The fourth-order valence-electron chi connectivity index (χ4n) is 4.45. The molecule has 5 rings (SSSR count). The van der Waals surface area contributed by atoms with Crippen molar-refractivity contribution in [2.24, 2.45) is 0 Å². The second-order valence-electron chi connectivity index (χ2n) is 9.20. The molecule has 0 radical (unpaired) electrons. The highest BCUT2D eigenvalue weighted by atomic mass is 16.5. The lowest BCUT2D eigenvalue weighted by molar-refractivity contribution is 0.0985. The van der Waals surface area contributed by atoms with Crippen molar-refractivity contribution in [1.82, 2.24) is 24.8 Å². The van der Waals surface area contributed by atoms with E-state index in [1.165, 1.54) is 19.2 Å². The van der Waals surface area contributed by atoms with E-state index in [-0.39, 0.29) is 17.3 Å². The number of hydrogen-bond acceptors (Lipinski definition) is 6. The third kappa shape index (κ3) is 5.67. The number of anilines is 2. The van der Waals surface area contributed by atoms with E-state index in [0.717, 1.165) is 49.2 Å². The molecule has 0 aliphatic carbocycles. The van der Waals surface area contributed by atoms with Crippen molar-refractivity contribution in [2.75, 3.05) is 36.9 Å². The van der Waals surface area contributed by atoms with Gasteiger partial charge in [0.25, 0.3) is 11.8 Å². The molecule has 0 saturated carbocycles. The summed E-state index contributed by atoms with van der Waals surface area (Å²) < 4.78 is 5.90. The number of aromatic nitrogens is 4. The zero-order valence-electron chi connectivity index (χ0n) is 21.1. The van der Waals surface area contributed by atoms with Gasteiger partial charge in [0.15, 0.2) is 13.0 Å². The fraction of sp³-hybridized carbons (Fsp3) is 0.308. The van der Waals surface area contributed by atoms with Gasteiger partial charge < -0.3 is 20.0 Å². The zero-order chi connectivity index (χ0) is 25.8. The van der Waals surface area contributed by atoms with Gasteiger partial charge in [-0.3, -0.25) is 19.8 Å². The lowest BCUT2D eigenvalue weighted by Crippen LogP contribution is -2.25. The van der Waals surface area contributed by atoms with E-state index in [9.17, 15) is 9.59 Å². The molecule has 1 fully saturated rings. The number of benzene rings is 2. The van der Waals surface area contributed by atoms with Crippen molar-refractivity contribution in [1.29, 1.82) is 0 Å². The summed E-state index contributed by atoms with van der Waals surface area (Å²) in [5, 5.41) is 5.58. The van der Waals surface area contributed by atoms with Gasteiger partial charge in [-0.1, -0.05) is 24.4 Å². The maximum Gasteiger partial charge on any atom is 0.276 e. The number of imidazole rings is 2. The van der Waals surface area contributed by atoms with E-state index >= 15 is 0 Å². The minimum Gasteiger partial charge on any atom is -0.492 e. The first-order valence-corrected chi connectivity index (χ1v) is 12.6. The van der Waals surface area contributed by atoms with Crippen molar-refractivity contribution < 1.29 is 14.3 Å². The summed E-state index contributed by atoms with van der Waals surface area (Å²) >= 11 is 0. The van der Waals surface area contributed by atoms with Crippen molar-refractivity contribution in [3.8, 4) is 5.75 Å². The summed E-state index contributed by atoms with van der Waals surface area (Å²) in [5.74, 6) is 0.00996. The quantitative estimate of drug-likeness (QED) is 0.262. The second kappa shape index (κ2) is 10.9. The Hall–Kier alpha value is -4.12. The van der Waals surface area contributed by atoms with Crippen LogP contribution < -0.4 is 20.8 Å². The van der Waals surface area contributed by atoms with Gasteiger partial charge in [0, 0.05) is 18.3 Å². The minimum atomic E-state index is -0.525. The summed E-state index contributed by atoms with van der Waals surface area (Å²) in [7, 11) is 0.850. The van der Waals surface area contributed by atoms with Crippen LogP contribution in [0.4, 0.5) is 11.6 Å². The molecule has 0 bridgehead atoms. The molecule has 1 saturated heterocycles. The van der Waals surface area contributed by atoms with Gasteiger partial charge in [-0.05, 0) is 56.6 Å². The lowest BCUT2D eigenvalue weighted by Gasteiger charge is -2.14. The van der Waals surface area contributed by atoms with Crippen LogP contribution in [0.5, 0.6) is 5.75 Å². The number of nitrogens with one attached hydrogen (secondary N) is 4. The van der Waals surface area contributed by atoms with E-state index in [1.807, 2.05) is 50.1 Å². The molecular weight excluding hydrogens is 469 g/mol. The van der Waals surface area contributed by atoms with Crippen molar-refractivity contribution in [3.05, 3.63) is 59.7 Å². The number of rotatable bonds is 9. The van der Waals surface area contributed by atoms with E-state index < -0.39 is 11.8 Å². The SMILES string of the molecule is CBc1ccc(C)c(NC(=O)c2nc[nH]c2C(=O)Nc2nc3ccc(OCCN4CCCC4)cc3[nH]2)c1. The molecular formula is C26H30BN7O3. The third-order valence-corrected chi connectivity index (χ3v) is 6.60. The highest BCUT2D eigenvalue weighted by Gasteiger charge is 2.22. The lowest BCUT2D eigenvalue weighted by atomic mass is 9.73. The number of amides is 2. The number of likely N-dealkylation sites (tertiary alicyclic amines) is 1. The standard InChI is InChI=1S/C26H30BN7O3/c1-16-5-6-17(27-2)13-20(16)30-24(35)22-23(29-15-28-22)25(36)33-26-31-19-8-7-18(14-21(19)32-26)37-12-11-34-9-3-4-10-34/h5-8,13-15,27H,3-4,9-12H2,1-2H3,(H,28,29)(H,30,35)(H2,31,32,33,36). The zero-order valence-corrected chi connectivity index (χ0v) is 21.1. The normalized spacial score (nSPS) is 13.6. The number of nitrogens with zero attached hydrogens (tertiary/aromatic N) is 3. The second-order valence-corrected chi connectivity index (χ2v) is 9.20. The molecule has 190 valence electrons. The van der Waals surface area contributed by atoms with Crippen LogP contribution in [0.3, 0.4) is 0 Å². The fourth-order valence-corrected chi connectivity index (χ4v) is 4.45. The minimum absolute atomic E-state index is 0.00333. The maximum absolute atomic E-state index is 13.0. The Labute approximate surface area is 215 Å². The number of carbonyl (C=O) groups is 2. The smallest absolute Gasteiger partial charge is 0.276 e. The summed E-state index contributed by atoms with van der Waals surface area (Å²) in [6.45, 7) is 7.77. The molecule has 4 aromatic rings. The number of carbonyl (C=O) groups excluding carboxylic acids is 2. The van der Waals surface area contributed by atoms with Crippen LogP contribution in [0.25, 0.3) is 11.0 Å². The van der Waals surface area contributed by atoms with E-state index in [4.69, 9.17) is 4.74 Å². The number of aromatic amines is 2. The van der Waals surface area contributed by atoms with Gasteiger partial charge in [-0.25, -0.2) is 9.97 Å². The highest BCUT2D eigenvalue weighted by Crippen LogP contribution is 2.22. The molecule has 0 atom stereocenters. The molecule has 0 unspecified atom stereocenters. The predicted molar refractivity (Wildman–Crippen MR) is 146 cm³/mol. The molecule has 11 heteroatoms. The van der Waals surface area contributed by atoms with Gasteiger partial charge in [0.2, 0.25) is 5.95 Å². The van der Waals surface area contributed by atoms with Crippen LogP contribution in [-0.2, 0) is 0 Å². The Morgan fingerprint density at radius 1 is 1.11 bits per heavy atom. The summed E-state index contributed by atoms with van der Waals surface area (Å²) in [4.78, 5) is 42.7. The molecule has 1 aliphatic heterocycles. The summed E-state index contributed by atoms with van der Waals surface area (Å²) in [6.07, 6.45) is 3.83. The van der Waals surface area contributed by atoms with Crippen LogP contribution in [-0.4, -0.2) is 70.2 Å². The number of hydrogen-bond donors (Lipinski definition) is 4. The van der Waals surface area contributed by atoms with Gasteiger partial charge in [-0.2, -0.15) is 0 Å². The van der Waals surface area contributed by atoms with Gasteiger partial charge >= 0.3 is 0 Å². The average molecular weight is 499 g/mol. The molecule has 2 aromatic carbocycles. The Bertz CT molecular complexity index is 1420. The molecule has 3 heterocycles. The number of ether oxygens (including phenoxy) is 1. The van der Waals surface area contributed by atoms with Gasteiger partial charge in [-0.15, -0.1) is 0 Å². The summed E-state index contributed by atoms with van der Waals surface area (Å²) in [6, 6.07) is 11.5. The number of fused-ring (bicyclic) bond motifs is 1. The van der Waals surface area contributed by atoms with Crippen LogP contribution in [0.15, 0.2) is 42.7 Å². The van der Waals surface area contributed by atoms with Crippen LogP contribution in [0.1, 0.15) is 39.4 Å². The van der Waals surface area contributed by atoms with Crippen molar-refractivity contribution in [3.63, 3.8) is 0 Å². The first-order chi connectivity index (χ1) is 18.0. The third-order valence-electron chi connectivity index (χ3n) is 6.60. The molecule has 2 aromatic heterocycles. The van der Waals surface area contributed by atoms with Crippen molar-refractivity contribution in [2.45, 2.75) is 26.6 Å². The average Bonchev–Trinajstić information content (AvgIpc) is 3.66. The number of aryl methyl sites for hydroxylation is 1. The van der Waals surface area contributed by atoms with E-state index in [1.54, 1.807) is 0 Å². The molecule has 10 nitrogen and oxygen atoms in total. The van der Waals surface area contributed by atoms with Crippen LogP contribution >= 0.6 is 0 Å². The molecule has 37 heavy (non-hydrogen) atoms. The first kappa shape index (κ1) is 24.6. The Balaban J connectivity index is 1.24. The first-order valence-electron chi connectivity index (χ1n) is 12.6. The maximum atomic E-state index is 13.0. The van der Waals surface area contributed by atoms with E-state index in [2.05, 4.69) is 35.5 Å². The highest BCUT2D eigenvalue weighted by molar-refractivity contribution is 6.52. The molecule has 1 aliphatic rings. The Morgan fingerprint density at radius 2 is 1.95 bits per heavy atom. The largest absolute Gasteiger partial charge is 0.492 e. The Morgan fingerprint density at radius 3 is 2.76 bits per heavy atom. The topological polar surface area (TPSA) is 128 Å². The predicted octanol–water partition coefficient (Wildman–Crippen LogP) is 2.68. The van der Waals surface area contributed by atoms with Gasteiger partial charge in [0.1, 0.15) is 18.1 Å². The van der Waals surface area contributed by atoms with Crippen LogP contribution in [0, 0.1) is 6.92 Å². The van der Waals surface area contributed by atoms with Gasteiger partial charge in [0.05, 0.1) is 17.4 Å². The van der Waals surface area contributed by atoms with E-state index in [0.29, 0.717) is 17.8 Å². The molecule has 4 N–H and O–H groups in total. The summed E-state index contributed by atoms with van der Waals surface area (Å²) in [5.41, 5.74) is 4.20. The number of H-pyrrole nitrogens is 2. The molecule has 2 amide bonds. The Kier molecular flexibility index (Phi) is 7.22. The molecule has 0 spiro atoms.